The summed E-state index contributed by atoms with van der Waals surface area (Å²) in [6.07, 6.45) is 5.46. The summed E-state index contributed by atoms with van der Waals surface area (Å²) < 4.78 is 7.74. The molecule has 8 heteroatoms. The van der Waals surface area contributed by atoms with Crippen molar-refractivity contribution in [2.45, 2.75) is 25.0 Å². The second-order valence-corrected chi connectivity index (χ2v) is 8.39. The van der Waals surface area contributed by atoms with E-state index in [9.17, 15) is 9.90 Å². The molecule has 2 aromatic heterocycles. The SMILES string of the molecule is CO[C@@H]1C[C@H]2CN(C(=O)c3ccc(O)cc3)C[C@H]2C[C@H]1n1cc(-c2ccccn2)nn1. The Morgan fingerprint density at radius 3 is 2.55 bits per heavy atom. The number of ether oxygens (including phenoxy) is 1. The van der Waals surface area contributed by atoms with Gasteiger partial charge in [-0.3, -0.25) is 9.78 Å². The molecule has 1 N–H and O–H groups in total. The van der Waals surface area contributed by atoms with Gasteiger partial charge in [-0.1, -0.05) is 11.3 Å². The number of phenols is 1. The van der Waals surface area contributed by atoms with Gasteiger partial charge in [0, 0.05) is 32.0 Å². The molecule has 0 radical (unpaired) electrons. The average molecular weight is 419 g/mol. The topological polar surface area (TPSA) is 93.4 Å². The van der Waals surface area contributed by atoms with Crippen LogP contribution in [0.4, 0.5) is 0 Å². The summed E-state index contributed by atoms with van der Waals surface area (Å²) >= 11 is 0. The van der Waals surface area contributed by atoms with E-state index in [-0.39, 0.29) is 23.8 Å². The van der Waals surface area contributed by atoms with Crippen molar-refractivity contribution in [1.29, 1.82) is 0 Å². The number of hydrogen-bond donors (Lipinski definition) is 1. The monoisotopic (exact) mass is 419 g/mol. The number of carbonyl (C=O) groups is 1. The third-order valence-electron chi connectivity index (χ3n) is 6.57. The predicted molar refractivity (Wildman–Crippen MR) is 113 cm³/mol. The van der Waals surface area contributed by atoms with Gasteiger partial charge in [-0.2, -0.15) is 0 Å². The van der Waals surface area contributed by atoms with Gasteiger partial charge in [-0.15, -0.1) is 5.10 Å². The highest BCUT2D eigenvalue weighted by Crippen LogP contribution is 2.42. The Morgan fingerprint density at radius 1 is 1.06 bits per heavy atom. The van der Waals surface area contributed by atoms with E-state index in [1.807, 2.05) is 34.0 Å². The fraction of sp³-hybridized carbons (Fsp3) is 0.391. The van der Waals surface area contributed by atoms with Crippen LogP contribution in [0, 0.1) is 11.8 Å². The second kappa shape index (κ2) is 8.11. The highest BCUT2D eigenvalue weighted by Gasteiger charge is 2.44. The number of hydrogen-bond acceptors (Lipinski definition) is 6. The van der Waals surface area contributed by atoms with E-state index in [0.717, 1.165) is 37.3 Å². The quantitative estimate of drug-likeness (QED) is 0.699. The fourth-order valence-electron chi connectivity index (χ4n) is 4.94. The number of likely N-dealkylation sites (tertiary alicyclic amines) is 1. The van der Waals surface area contributed by atoms with Crippen LogP contribution in [0.5, 0.6) is 5.75 Å². The summed E-state index contributed by atoms with van der Waals surface area (Å²) in [6.45, 7) is 1.45. The number of phenolic OH excluding ortho intramolecular Hbond substituents is 1. The van der Waals surface area contributed by atoms with E-state index < -0.39 is 0 Å². The lowest BCUT2D eigenvalue weighted by Crippen LogP contribution is -2.37. The van der Waals surface area contributed by atoms with Crippen LogP contribution < -0.4 is 0 Å². The van der Waals surface area contributed by atoms with Crippen LogP contribution in [0.3, 0.4) is 0 Å². The highest BCUT2D eigenvalue weighted by molar-refractivity contribution is 5.94. The Bertz CT molecular complexity index is 1050. The smallest absolute Gasteiger partial charge is 0.253 e. The van der Waals surface area contributed by atoms with Gasteiger partial charge in [-0.25, -0.2) is 4.68 Å². The maximum absolute atomic E-state index is 12.9. The lowest BCUT2D eigenvalue weighted by atomic mass is 9.77. The Morgan fingerprint density at radius 2 is 1.84 bits per heavy atom. The number of rotatable bonds is 4. The maximum Gasteiger partial charge on any atom is 0.253 e. The molecular formula is C23H25N5O3. The van der Waals surface area contributed by atoms with Crippen molar-refractivity contribution in [2.75, 3.05) is 20.2 Å². The van der Waals surface area contributed by atoms with Crippen molar-refractivity contribution in [3.05, 3.63) is 60.4 Å². The summed E-state index contributed by atoms with van der Waals surface area (Å²) in [4.78, 5) is 19.2. The standard InChI is InChI=1S/C23H25N5O3/c1-31-22-11-17-13-27(23(30)15-5-7-18(29)8-6-15)12-16(17)10-21(22)28-14-20(25-26-28)19-4-2-3-9-24-19/h2-9,14,16-17,21-22,29H,10-13H2,1H3/t16-,17+,21-,22-/m1/s1. The molecule has 1 aliphatic carbocycles. The Balaban J connectivity index is 1.32. The molecule has 4 atom stereocenters. The molecule has 3 aromatic rings. The van der Waals surface area contributed by atoms with Crippen LogP contribution in [0.15, 0.2) is 54.9 Å². The molecule has 31 heavy (non-hydrogen) atoms. The van der Waals surface area contributed by atoms with E-state index in [2.05, 4.69) is 15.3 Å². The first kappa shape index (κ1) is 19.7. The molecule has 160 valence electrons. The van der Waals surface area contributed by atoms with Crippen molar-refractivity contribution in [2.24, 2.45) is 11.8 Å². The fourth-order valence-corrected chi connectivity index (χ4v) is 4.94. The third kappa shape index (κ3) is 3.79. The zero-order valence-corrected chi connectivity index (χ0v) is 17.3. The molecule has 1 saturated heterocycles. The van der Waals surface area contributed by atoms with Gasteiger partial charge in [0.25, 0.3) is 5.91 Å². The zero-order valence-electron chi connectivity index (χ0n) is 17.3. The van der Waals surface area contributed by atoms with Crippen molar-refractivity contribution in [3.8, 4) is 17.1 Å². The lowest BCUT2D eigenvalue weighted by Gasteiger charge is -2.36. The summed E-state index contributed by atoms with van der Waals surface area (Å²) in [5.74, 6) is 0.967. The number of carbonyl (C=O) groups excluding carboxylic acids is 1. The Hall–Kier alpha value is -3.26. The third-order valence-corrected chi connectivity index (χ3v) is 6.57. The first-order valence-electron chi connectivity index (χ1n) is 10.6. The molecule has 0 spiro atoms. The van der Waals surface area contributed by atoms with E-state index in [4.69, 9.17) is 4.74 Å². The van der Waals surface area contributed by atoms with Gasteiger partial charge in [0.2, 0.25) is 0 Å². The molecule has 1 saturated carbocycles. The van der Waals surface area contributed by atoms with Crippen molar-refractivity contribution in [1.82, 2.24) is 24.9 Å². The molecule has 8 nitrogen and oxygen atoms in total. The Kier molecular flexibility index (Phi) is 5.15. The average Bonchev–Trinajstić information content (AvgIpc) is 3.46. The normalized spacial score (nSPS) is 25.4. The first-order chi connectivity index (χ1) is 15.1. The number of aromatic nitrogens is 4. The van der Waals surface area contributed by atoms with Gasteiger partial charge in [0.1, 0.15) is 11.4 Å². The largest absolute Gasteiger partial charge is 0.508 e. The van der Waals surface area contributed by atoms with Crippen LogP contribution in [-0.4, -0.2) is 62.2 Å². The first-order valence-corrected chi connectivity index (χ1v) is 10.6. The van der Waals surface area contributed by atoms with E-state index >= 15 is 0 Å². The number of pyridine rings is 1. The van der Waals surface area contributed by atoms with E-state index in [0.29, 0.717) is 17.4 Å². The van der Waals surface area contributed by atoms with Crippen LogP contribution in [-0.2, 0) is 4.74 Å². The minimum Gasteiger partial charge on any atom is -0.508 e. The molecule has 0 bridgehead atoms. The number of fused-ring (bicyclic) bond motifs is 1. The maximum atomic E-state index is 12.9. The summed E-state index contributed by atoms with van der Waals surface area (Å²) in [7, 11) is 1.74. The van der Waals surface area contributed by atoms with Gasteiger partial charge >= 0.3 is 0 Å². The Labute approximate surface area is 180 Å². The van der Waals surface area contributed by atoms with Gasteiger partial charge in [0.05, 0.1) is 24.0 Å². The van der Waals surface area contributed by atoms with Crippen LogP contribution in [0.2, 0.25) is 0 Å². The molecule has 1 aliphatic heterocycles. The van der Waals surface area contributed by atoms with Crippen molar-refractivity contribution < 1.29 is 14.6 Å². The van der Waals surface area contributed by atoms with Crippen molar-refractivity contribution >= 4 is 5.91 Å². The van der Waals surface area contributed by atoms with Crippen LogP contribution >= 0.6 is 0 Å². The lowest BCUT2D eigenvalue weighted by molar-refractivity contribution is -0.00545. The molecule has 3 heterocycles. The van der Waals surface area contributed by atoms with Crippen LogP contribution in [0.25, 0.3) is 11.4 Å². The van der Waals surface area contributed by atoms with Crippen LogP contribution in [0.1, 0.15) is 29.2 Å². The highest BCUT2D eigenvalue weighted by atomic mass is 16.5. The molecular weight excluding hydrogens is 394 g/mol. The number of benzene rings is 1. The number of amides is 1. The second-order valence-electron chi connectivity index (χ2n) is 8.39. The predicted octanol–water partition coefficient (Wildman–Crippen LogP) is 2.78. The zero-order chi connectivity index (χ0) is 21.4. The summed E-state index contributed by atoms with van der Waals surface area (Å²) in [6, 6.07) is 12.3. The number of nitrogens with zero attached hydrogens (tertiary/aromatic N) is 5. The van der Waals surface area contributed by atoms with Crippen molar-refractivity contribution in [3.63, 3.8) is 0 Å². The molecule has 2 fully saturated rings. The summed E-state index contributed by atoms with van der Waals surface area (Å²) in [5.41, 5.74) is 2.14. The van der Waals surface area contributed by atoms with E-state index in [1.165, 1.54) is 0 Å². The van der Waals surface area contributed by atoms with E-state index in [1.54, 1.807) is 37.6 Å². The molecule has 1 amide bonds. The van der Waals surface area contributed by atoms with Gasteiger partial charge < -0.3 is 14.7 Å². The minimum atomic E-state index is 0.0121. The molecule has 2 aliphatic rings. The summed E-state index contributed by atoms with van der Waals surface area (Å²) in [5, 5.41) is 18.2. The molecule has 1 aromatic carbocycles. The molecule has 5 rings (SSSR count). The number of methoxy groups -OCH3 is 1. The van der Waals surface area contributed by atoms with Gasteiger partial charge in [0.15, 0.2) is 0 Å². The number of aromatic hydroxyl groups is 1. The minimum absolute atomic E-state index is 0.0121. The van der Waals surface area contributed by atoms with Gasteiger partial charge in [-0.05, 0) is 61.1 Å². The molecule has 0 unspecified atom stereocenters.